The van der Waals surface area contributed by atoms with Crippen LogP contribution in [0.1, 0.15) is 20.3 Å². The molecule has 0 saturated carbocycles. The number of anilines is 1. The maximum atomic E-state index is 13.3. The molecule has 16 heavy (non-hydrogen) atoms. The van der Waals surface area contributed by atoms with E-state index in [4.69, 9.17) is 0 Å². The van der Waals surface area contributed by atoms with Crippen molar-refractivity contribution < 1.29 is 13.6 Å². The van der Waals surface area contributed by atoms with E-state index in [1.165, 1.54) is 0 Å². The molecule has 0 aliphatic heterocycles. The molecule has 0 radical (unpaired) electrons. The molecule has 0 atom stereocenters. The number of halogens is 3. The summed E-state index contributed by atoms with van der Waals surface area (Å²) in [5.74, 6) is -1.43. The van der Waals surface area contributed by atoms with Crippen molar-refractivity contribution in [1.82, 2.24) is 0 Å². The predicted molar refractivity (Wildman–Crippen MR) is 62.1 cm³/mol. The summed E-state index contributed by atoms with van der Waals surface area (Å²) in [6.45, 7) is 3.75. The van der Waals surface area contributed by atoms with Crippen LogP contribution in [0.3, 0.4) is 0 Å². The van der Waals surface area contributed by atoms with Gasteiger partial charge in [-0.1, -0.05) is 13.8 Å². The Morgan fingerprint density at radius 2 is 2.00 bits per heavy atom. The first-order chi connectivity index (χ1) is 7.40. The van der Waals surface area contributed by atoms with Gasteiger partial charge < -0.3 is 5.32 Å². The van der Waals surface area contributed by atoms with E-state index in [-0.39, 0.29) is 28.4 Å². The lowest BCUT2D eigenvalue weighted by molar-refractivity contribution is -0.116. The van der Waals surface area contributed by atoms with Gasteiger partial charge in [-0.2, -0.15) is 0 Å². The van der Waals surface area contributed by atoms with E-state index in [0.29, 0.717) is 0 Å². The lowest BCUT2D eigenvalue weighted by Gasteiger charge is -2.08. The fraction of sp³-hybridized carbons (Fsp3) is 0.364. The molecular formula is C11H12BrF2NO. The molecule has 0 aliphatic rings. The van der Waals surface area contributed by atoms with Gasteiger partial charge in [0.2, 0.25) is 5.91 Å². The molecule has 1 amide bonds. The summed E-state index contributed by atoms with van der Waals surface area (Å²) in [5.41, 5.74) is -0.133. The van der Waals surface area contributed by atoms with Gasteiger partial charge in [0, 0.05) is 12.5 Å². The highest BCUT2D eigenvalue weighted by atomic mass is 79.9. The van der Waals surface area contributed by atoms with Gasteiger partial charge in [0.05, 0.1) is 10.2 Å². The van der Waals surface area contributed by atoms with Gasteiger partial charge in [-0.15, -0.1) is 0 Å². The van der Waals surface area contributed by atoms with E-state index in [1.54, 1.807) is 0 Å². The molecule has 1 aromatic carbocycles. The van der Waals surface area contributed by atoms with Crippen molar-refractivity contribution in [3.05, 3.63) is 28.2 Å². The molecule has 0 aromatic heterocycles. The molecule has 5 heteroatoms. The van der Waals surface area contributed by atoms with Crippen LogP contribution in [0.2, 0.25) is 0 Å². The van der Waals surface area contributed by atoms with Crippen molar-refractivity contribution in [3.8, 4) is 0 Å². The Hall–Kier alpha value is -0.970. The van der Waals surface area contributed by atoms with Crippen LogP contribution in [-0.2, 0) is 4.79 Å². The van der Waals surface area contributed by atoms with E-state index in [0.717, 1.165) is 12.1 Å². The van der Waals surface area contributed by atoms with Gasteiger partial charge in [0.15, 0.2) is 0 Å². The smallest absolute Gasteiger partial charge is 0.224 e. The van der Waals surface area contributed by atoms with Crippen LogP contribution in [-0.4, -0.2) is 5.91 Å². The van der Waals surface area contributed by atoms with Gasteiger partial charge in [-0.05, 0) is 27.9 Å². The topological polar surface area (TPSA) is 29.1 Å². The highest BCUT2D eigenvalue weighted by Crippen LogP contribution is 2.23. The van der Waals surface area contributed by atoms with Crippen molar-refractivity contribution in [3.63, 3.8) is 0 Å². The first-order valence-corrected chi connectivity index (χ1v) is 5.64. The highest BCUT2D eigenvalue weighted by Gasteiger charge is 2.11. The van der Waals surface area contributed by atoms with E-state index in [1.807, 2.05) is 13.8 Å². The van der Waals surface area contributed by atoms with Crippen LogP contribution >= 0.6 is 15.9 Å². The summed E-state index contributed by atoms with van der Waals surface area (Å²) < 4.78 is 26.5. The lowest BCUT2D eigenvalue weighted by atomic mass is 10.1. The summed E-state index contributed by atoms with van der Waals surface area (Å²) in [6.07, 6.45) is 0.275. The fourth-order valence-electron chi connectivity index (χ4n) is 1.19. The van der Waals surface area contributed by atoms with Crippen molar-refractivity contribution >= 4 is 27.5 Å². The molecule has 1 aromatic rings. The number of amides is 1. The van der Waals surface area contributed by atoms with E-state index in [9.17, 15) is 13.6 Å². The second-order valence-electron chi connectivity index (χ2n) is 3.89. The Kier molecular flexibility index (Phi) is 4.41. The Morgan fingerprint density at radius 1 is 1.38 bits per heavy atom. The second-order valence-corrected chi connectivity index (χ2v) is 4.75. The number of hydrogen-bond donors (Lipinski definition) is 1. The van der Waals surface area contributed by atoms with Crippen LogP contribution in [0.5, 0.6) is 0 Å². The van der Waals surface area contributed by atoms with Crippen LogP contribution in [0.15, 0.2) is 16.6 Å². The third kappa shape index (κ3) is 3.56. The SMILES string of the molecule is CC(C)CC(=O)Nc1cc(F)c(Br)cc1F. The Balaban J connectivity index is 2.81. The molecule has 0 heterocycles. The zero-order valence-corrected chi connectivity index (χ0v) is 10.6. The maximum Gasteiger partial charge on any atom is 0.224 e. The molecule has 0 unspecified atom stereocenters. The van der Waals surface area contributed by atoms with Crippen LogP contribution in [0.25, 0.3) is 0 Å². The predicted octanol–water partition coefficient (Wildman–Crippen LogP) is 3.71. The van der Waals surface area contributed by atoms with Gasteiger partial charge in [0.25, 0.3) is 0 Å². The zero-order valence-electron chi connectivity index (χ0n) is 8.98. The van der Waals surface area contributed by atoms with Gasteiger partial charge in [-0.25, -0.2) is 8.78 Å². The van der Waals surface area contributed by atoms with E-state index >= 15 is 0 Å². The maximum absolute atomic E-state index is 13.3. The van der Waals surface area contributed by atoms with Crippen molar-refractivity contribution in [2.45, 2.75) is 20.3 Å². The molecule has 0 saturated heterocycles. The van der Waals surface area contributed by atoms with Crippen molar-refractivity contribution in [2.75, 3.05) is 5.32 Å². The highest BCUT2D eigenvalue weighted by molar-refractivity contribution is 9.10. The molecule has 1 N–H and O–H groups in total. The Labute approximate surface area is 101 Å². The average Bonchev–Trinajstić information content (AvgIpc) is 2.12. The normalized spacial score (nSPS) is 10.6. The zero-order chi connectivity index (χ0) is 12.3. The standard InChI is InChI=1S/C11H12BrF2NO/c1-6(2)3-11(16)15-10-5-8(13)7(12)4-9(10)14/h4-6H,3H2,1-2H3,(H,15,16). The van der Waals surface area contributed by atoms with Crippen LogP contribution < -0.4 is 5.32 Å². The average molecular weight is 292 g/mol. The Bertz CT molecular complexity index is 407. The number of nitrogens with one attached hydrogen (secondary N) is 1. The molecule has 0 bridgehead atoms. The fourth-order valence-corrected chi connectivity index (χ4v) is 1.51. The number of carbonyl (C=O) groups is 1. The van der Waals surface area contributed by atoms with E-state index < -0.39 is 11.6 Å². The van der Waals surface area contributed by atoms with Gasteiger partial charge in [-0.3, -0.25) is 4.79 Å². The van der Waals surface area contributed by atoms with E-state index in [2.05, 4.69) is 21.2 Å². The molecule has 1 rings (SSSR count). The minimum atomic E-state index is -0.662. The molecule has 0 aliphatic carbocycles. The number of carbonyl (C=O) groups excluding carboxylic acids is 1. The Morgan fingerprint density at radius 3 is 2.56 bits per heavy atom. The first-order valence-electron chi connectivity index (χ1n) is 4.84. The molecular weight excluding hydrogens is 280 g/mol. The second kappa shape index (κ2) is 5.39. The minimum absolute atomic E-state index is 0.0341. The number of rotatable bonds is 3. The molecule has 0 fully saturated rings. The summed E-state index contributed by atoms with van der Waals surface area (Å²) in [7, 11) is 0. The summed E-state index contributed by atoms with van der Waals surface area (Å²) in [6, 6.07) is 1.94. The summed E-state index contributed by atoms with van der Waals surface area (Å²) in [5, 5.41) is 2.33. The third-order valence-corrected chi connectivity index (χ3v) is 2.49. The minimum Gasteiger partial charge on any atom is -0.324 e. The monoisotopic (exact) mass is 291 g/mol. The molecule has 88 valence electrons. The molecule has 0 spiro atoms. The molecule has 2 nitrogen and oxygen atoms in total. The summed E-state index contributed by atoms with van der Waals surface area (Å²) >= 11 is 2.86. The van der Waals surface area contributed by atoms with Crippen LogP contribution in [0, 0.1) is 17.6 Å². The van der Waals surface area contributed by atoms with Gasteiger partial charge in [0.1, 0.15) is 11.6 Å². The van der Waals surface area contributed by atoms with Crippen molar-refractivity contribution in [1.29, 1.82) is 0 Å². The number of benzene rings is 1. The number of hydrogen-bond acceptors (Lipinski definition) is 1. The lowest BCUT2D eigenvalue weighted by Crippen LogP contribution is -2.15. The first kappa shape index (κ1) is 13.1. The summed E-state index contributed by atoms with van der Waals surface area (Å²) in [4.78, 5) is 11.4. The largest absolute Gasteiger partial charge is 0.324 e. The quantitative estimate of drug-likeness (QED) is 0.845. The van der Waals surface area contributed by atoms with Crippen LogP contribution in [0.4, 0.5) is 14.5 Å². The third-order valence-electron chi connectivity index (χ3n) is 1.88. The van der Waals surface area contributed by atoms with Crippen molar-refractivity contribution in [2.24, 2.45) is 5.92 Å². The van der Waals surface area contributed by atoms with Gasteiger partial charge >= 0.3 is 0 Å².